The quantitative estimate of drug-likeness (QED) is 0.718. The maximum atomic E-state index is 12.1. The van der Waals surface area contributed by atoms with E-state index in [0.29, 0.717) is 13.1 Å². The van der Waals surface area contributed by atoms with Gasteiger partial charge in [0.25, 0.3) is 10.0 Å². The molecular weight excluding hydrogens is 302 g/mol. The van der Waals surface area contributed by atoms with E-state index in [9.17, 15) is 13.2 Å². The van der Waals surface area contributed by atoms with Crippen molar-refractivity contribution in [1.29, 1.82) is 0 Å². The summed E-state index contributed by atoms with van der Waals surface area (Å²) in [6.45, 7) is 7.33. The van der Waals surface area contributed by atoms with Crippen LogP contribution in [0.4, 0.5) is 4.79 Å². The first-order valence-corrected chi connectivity index (χ1v) is 9.08. The first-order valence-electron chi connectivity index (χ1n) is 7.60. The zero-order valence-electron chi connectivity index (χ0n) is 13.4. The summed E-state index contributed by atoms with van der Waals surface area (Å²) in [6, 6.07) is 5.76. The van der Waals surface area contributed by atoms with Gasteiger partial charge in [0.2, 0.25) is 0 Å². The molecule has 124 valence electrons. The highest BCUT2D eigenvalue weighted by Crippen LogP contribution is 2.10. The highest BCUT2D eigenvalue weighted by atomic mass is 32.2. The fraction of sp³-hybridized carbons (Fsp3) is 0.533. The number of nitrogens with one attached hydrogen (secondary N) is 2. The van der Waals surface area contributed by atoms with Crippen LogP contribution >= 0.6 is 0 Å². The molecule has 0 aliphatic carbocycles. The van der Waals surface area contributed by atoms with E-state index in [1.807, 2.05) is 25.5 Å². The van der Waals surface area contributed by atoms with Crippen molar-refractivity contribution in [2.24, 2.45) is 0 Å². The Bertz CT molecular complexity index is 564. The lowest BCUT2D eigenvalue weighted by atomic mass is 10.2. The molecule has 22 heavy (non-hydrogen) atoms. The lowest BCUT2D eigenvalue weighted by molar-refractivity contribution is 0.180. The van der Waals surface area contributed by atoms with Gasteiger partial charge < -0.3 is 0 Å². The van der Waals surface area contributed by atoms with E-state index in [1.165, 1.54) is 12.1 Å². The monoisotopic (exact) mass is 327 g/mol. The largest absolute Gasteiger partial charge is 0.343 e. The fourth-order valence-corrected chi connectivity index (χ4v) is 2.92. The molecule has 1 rings (SSSR count). The molecule has 0 saturated heterocycles. The number of hydrogen-bond acceptors (Lipinski definition) is 4. The minimum absolute atomic E-state index is 0.0809. The maximum Gasteiger partial charge on any atom is 0.343 e. The van der Waals surface area contributed by atoms with Crippen LogP contribution in [0.25, 0.3) is 0 Å². The third-order valence-electron chi connectivity index (χ3n) is 3.12. The number of hydrazine groups is 1. The number of benzene rings is 1. The SMILES string of the molecule is CCCN(CCC)NC(=O)NS(=O)(=O)c1ccc(CC)cc1. The molecule has 0 saturated carbocycles. The lowest BCUT2D eigenvalue weighted by Gasteiger charge is -2.21. The van der Waals surface area contributed by atoms with Crippen LogP contribution < -0.4 is 10.1 Å². The molecule has 1 aromatic carbocycles. The van der Waals surface area contributed by atoms with Crippen LogP contribution in [-0.2, 0) is 16.4 Å². The van der Waals surface area contributed by atoms with E-state index in [1.54, 1.807) is 17.1 Å². The average Bonchev–Trinajstić information content (AvgIpc) is 2.47. The minimum Gasteiger partial charge on any atom is -0.270 e. The summed E-state index contributed by atoms with van der Waals surface area (Å²) >= 11 is 0. The van der Waals surface area contributed by atoms with Gasteiger partial charge in [0.15, 0.2) is 0 Å². The molecule has 0 atom stereocenters. The highest BCUT2D eigenvalue weighted by molar-refractivity contribution is 7.90. The zero-order chi connectivity index (χ0) is 16.6. The minimum atomic E-state index is -3.85. The van der Waals surface area contributed by atoms with Crippen LogP contribution in [0.3, 0.4) is 0 Å². The molecular formula is C15H25N3O3S. The van der Waals surface area contributed by atoms with E-state index < -0.39 is 16.1 Å². The second-order valence-electron chi connectivity index (χ2n) is 5.03. The van der Waals surface area contributed by atoms with Gasteiger partial charge in [-0.1, -0.05) is 32.9 Å². The molecule has 6 nitrogen and oxygen atoms in total. The number of urea groups is 1. The Kier molecular flexibility index (Phi) is 7.34. The van der Waals surface area contributed by atoms with Gasteiger partial charge in [0.05, 0.1) is 4.90 Å². The van der Waals surface area contributed by atoms with Gasteiger partial charge >= 0.3 is 6.03 Å². The third-order valence-corrected chi connectivity index (χ3v) is 4.46. The van der Waals surface area contributed by atoms with Crippen molar-refractivity contribution in [3.05, 3.63) is 29.8 Å². The average molecular weight is 327 g/mol. The zero-order valence-corrected chi connectivity index (χ0v) is 14.2. The topological polar surface area (TPSA) is 78.5 Å². The number of aryl methyl sites for hydroxylation is 1. The number of carbonyl (C=O) groups excluding carboxylic acids is 1. The molecule has 0 unspecified atom stereocenters. The molecule has 0 aromatic heterocycles. The lowest BCUT2D eigenvalue weighted by Crippen LogP contribution is -2.49. The van der Waals surface area contributed by atoms with Crippen molar-refractivity contribution in [2.45, 2.75) is 44.9 Å². The van der Waals surface area contributed by atoms with Crippen LogP contribution in [0, 0.1) is 0 Å². The predicted molar refractivity (Wildman–Crippen MR) is 86.8 cm³/mol. The van der Waals surface area contributed by atoms with E-state index >= 15 is 0 Å². The van der Waals surface area contributed by atoms with Gasteiger partial charge in [-0.25, -0.2) is 22.9 Å². The van der Waals surface area contributed by atoms with Gasteiger partial charge in [-0.15, -0.1) is 0 Å². The molecule has 1 aromatic rings. The fourth-order valence-electron chi connectivity index (χ4n) is 2.02. The Balaban J connectivity index is 2.71. The number of hydrogen-bond donors (Lipinski definition) is 2. The smallest absolute Gasteiger partial charge is 0.270 e. The van der Waals surface area contributed by atoms with E-state index in [2.05, 4.69) is 5.43 Å². The molecule has 0 bridgehead atoms. The molecule has 7 heteroatoms. The van der Waals surface area contributed by atoms with Crippen molar-refractivity contribution >= 4 is 16.1 Å². The Morgan fingerprint density at radius 3 is 2.05 bits per heavy atom. The molecule has 0 spiro atoms. The molecule has 0 heterocycles. The first-order chi connectivity index (χ1) is 10.4. The Labute approximate surface area is 132 Å². The Morgan fingerprint density at radius 1 is 1.05 bits per heavy atom. The van der Waals surface area contributed by atoms with Gasteiger partial charge in [-0.3, -0.25) is 5.43 Å². The van der Waals surface area contributed by atoms with Crippen molar-refractivity contribution in [3.63, 3.8) is 0 Å². The predicted octanol–water partition coefficient (Wildman–Crippen LogP) is 2.27. The maximum absolute atomic E-state index is 12.1. The molecule has 2 amide bonds. The number of carbonyl (C=O) groups is 1. The molecule has 2 N–H and O–H groups in total. The molecule has 0 aliphatic heterocycles. The van der Waals surface area contributed by atoms with Crippen molar-refractivity contribution < 1.29 is 13.2 Å². The van der Waals surface area contributed by atoms with Gasteiger partial charge in [-0.2, -0.15) is 0 Å². The van der Waals surface area contributed by atoms with Crippen molar-refractivity contribution in [3.8, 4) is 0 Å². The third kappa shape index (κ3) is 5.65. The summed E-state index contributed by atoms with van der Waals surface area (Å²) in [7, 11) is -3.85. The summed E-state index contributed by atoms with van der Waals surface area (Å²) in [6.07, 6.45) is 2.56. The summed E-state index contributed by atoms with van der Waals surface area (Å²) in [5, 5.41) is 1.71. The van der Waals surface area contributed by atoms with Gasteiger partial charge in [0.1, 0.15) is 0 Å². The van der Waals surface area contributed by atoms with E-state index in [-0.39, 0.29) is 4.90 Å². The second-order valence-corrected chi connectivity index (χ2v) is 6.71. The Morgan fingerprint density at radius 2 is 1.59 bits per heavy atom. The van der Waals surface area contributed by atoms with Gasteiger partial charge in [0, 0.05) is 13.1 Å². The number of rotatable bonds is 8. The van der Waals surface area contributed by atoms with Crippen LogP contribution in [-0.4, -0.2) is 32.5 Å². The molecule has 0 aliphatic rings. The van der Waals surface area contributed by atoms with E-state index in [4.69, 9.17) is 0 Å². The summed E-state index contributed by atoms with van der Waals surface area (Å²) < 4.78 is 26.3. The normalized spacial score (nSPS) is 11.5. The standard InChI is InChI=1S/C15H25N3O3S/c1-4-11-18(12-5-2)16-15(19)17-22(20,21)14-9-7-13(6-3)8-10-14/h7-10H,4-6,11-12H2,1-3H3,(H2,16,17,19). The van der Waals surface area contributed by atoms with Crippen LogP contribution in [0.15, 0.2) is 29.2 Å². The second kappa shape index (κ2) is 8.75. The summed E-state index contributed by atoms with van der Waals surface area (Å²) in [5.41, 5.74) is 3.61. The molecule has 0 fully saturated rings. The molecule has 0 radical (unpaired) electrons. The summed E-state index contributed by atoms with van der Waals surface area (Å²) in [5.74, 6) is 0. The number of amides is 2. The van der Waals surface area contributed by atoms with Crippen LogP contribution in [0.2, 0.25) is 0 Å². The van der Waals surface area contributed by atoms with Crippen molar-refractivity contribution in [1.82, 2.24) is 15.2 Å². The highest BCUT2D eigenvalue weighted by Gasteiger charge is 2.18. The van der Waals surface area contributed by atoms with Crippen LogP contribution in [0.1, 0.15) is 39.2 Å². The number of nitrogens with zero attached hydrogens (tertiary/aromatic N) is 1. The number of sulfonamides is 1. The van der Waals surface area contributed by atoms with Gasteiger partial charge in [-0.05, 0) is 37.0 Å². The van der Waals surface area contributed by atoms with Crippen molar-refractivity contribution in [2.75, 3.05) is 13.1 Å². The first kappa shape index (κ1) is 18.4. The van der Waals surface area contributed by atoms with Crippen LogP contribution in [0.5, 0.6) is 0 Å². The van der Waals surface area contributed by atoms with E-state index in [0.717, 1.165) is 24.8 Å². The summed E-state index contributed by atoms with van der Waals surface area (Å²) in [4.78, 5) is 12.0. The Hall–Kier alpha value is -1.60.